The number of aryl methyl sites for hydroxylation is 3. The van der Waals surface area contributed by atoms with Gasteiger partial charge in [-0.2, -0.15) is 0 Å². The van der Waals surface area contributed by atoms with Crippen LogP contribution in [-0.2, 0) is 17.6 Å². The van der Waals surface area contributed by atoms with E-state index in [1.54, 1.807) is 7.11 Å². The molecule has 0 saturated carbocycles. The van der Waals surface area contributed by atoms with Crippen LogP contribution in [0.5, 0.6) is 5.75 Å². The zero-order chi connectivity index (χ0) is 20.1. The first-order chi connectivity index (χ1) is 13.5. The molecule has 6 nitrogen and oxygen atoms in total. The highest BCUT2D eigenvalue weighted by Gasteiger charge is 2.24. The molecule has 1 aliphatic heterocycles. The lowest BCUT2D eigenvalue weighted by molar-refractivity contribution is -0.132. The Kier molecular flexibility index (Phi) is 6.49. The fourth-order valence-corrected chi connectivity index (χ4v) is 3.97. The number of nitrogens with two attached hydrogens (primary N) is 1. The van der Waals surface area contributed by atoms with Crippen molar-refractivity contribution >= 4 is 11.9 Å². The molecule has 1 aromatic carbocycles. The summed E-state index contributed by atoms with van der Waals surface area (Å²) in [5.74, 6) is 1.86. The number of likely N-dealkylation sites (tertiary alicyclic amines) is 1. The second-order valence-electron chi connectivity index (χ2n) is 7.64. The van der Waals surface area contributed by atoms with Crippen LogP contribution in [0.3, 0.4) is 0 Å². The van der Waals surface area contributed by atoms with Crippen molar-refractivity contribution < 1.29 is 9.53 Å². The second-order valence-corrected chi connectivity index (χ2v) is 7.64. The van der Waals surface area contributed by atoms with Crippen LogP contribution in [0.4, 0.5) is 5.95 Å². The Morgan fingerprint density at radius 1 is 1.21 bits per heavy atom. The van der Waals surface area contributed by atoms with Crippen LogP contribution < -0.4 is 10.5 Å². The predicted molar refractivity (Wildman–Crippen MR) is 110 cm³/mol. The maximum Gasteiger partial charge on any atom is 0.227 e. The van der Waals surface area contributed by atoms with Gasteiger partial charge in [-0.3, -0.25) is 4.79 Å². The summed E-state index contributed by atoms with van der Waals surface area (Å²) in [6, 6.07) is 8.26. The van der Waals surface area contributed by atoms with Crippen LogP contribution in [0.25, 0.3) is 0 Å². The number of rotatable bonds is 6. The SMILES string of the molecule is COc1ccc(CC[C@@H]2CCCN(C(=O)Cc3c(C)nc(N)nc3C)C2)cc1. The average Bonchev–Trinajstić information content (AvgIpc) is 2.69. The van der Waals surface area contributed by atoms with E-state index in [9.17, 15) is 4.79 Å². The summed E-state index contributed by atoms with van der Waals surface area (Å²) in [6.45, 7) is 5.46. The number of nitrogen functional groups attached to an aromatic ring is 1. The molecule has 2 aromatic rings. The average molecular weight is 383 g/mol. The van der Waals surface area contributed by atoms with Crippen molar-refractivity contribution in [1.82, 2.24) is 14.9 Å². The van der Waals surface area contributed by atoms with Gasteiger partial charge in [0.15, 0.2) is 0 Å². The highest BCUT2D eigenvalue weighted by molar-refractivity contribution is 5.79. The monoisotopic (exact) mass is 382 g/mol. The molecule has 28 heavy (non-hydrogen) atoms. The number of anilines is 1. The van der Waals surface area contributed by atoms with E-state index in [0.717, 1.165) is 55.1 Å². The summed E-state index contributed by atoms with van der Waals surface area (Å²) >= 11 is 0. The van der Waals surface area contributed by atoms with Crippen LogP contribution in [0.1, 0.15) is 41.8 Å². The number of ether oxygens (including phenoxy) is 1. The minimum atomic E-state index is 0.161. The van der Waals surface area contributed by atoms with Crippen LogP contribution in [-0.4, -0.2) is 41.0 Å². The van der Waals surface area contributed by atoms with E-state index in [2.05, 4.69) is 22.1 Å². The van der Waals surface area contributed by atoms with E-state index in [-0.39, 0.29) is 11.9 Å². The van der Waals surface area contributed by atoms with Gasteiger partial charge < -0.3 is 15.4 Å². The molecule has 0 bridgehead atoms. The Morgan fingerprint density at radius 3 is 2.54 bits per heavy atom. The third-order valence-corrected chi connectivity index (χ3v) is 5.64. The molecular weight excluding hydrogens is 352 g/mol. The first kappa shape index (κ1) is 20.1. The zero-order valence-corrected chi connectivity index (χ0v) is 17.1. The molecule has 1 aromatic heterocycles. The summed E-state index contributed by atoms with van der Waals surface area (Å²) in [5, 5.41) is 0. The Balaban J connectivity index is 1.56. The van der Waals surface area contributed by atoms with Gasteiger partial charge in [-0.05, 0) is 63.1 Å². The molecule has 1 amide bonds. The molecule has 0 radical (unpaired) electrons. The predicted octanol–water partition coefficient (Wildman–Crippen LogP) is 3.10. The number of hydrogen-bond acceptors (Lipinski definition) is 5. The van der Waals surface area contributed by atoms with Crippen molar-refractivity contribution in [3.8, 4) is 5.75 Å². The van der Waals surface area contributed by atoms with E-state index < -0.39 is 0 Å². The van der Waals surface area contributed by atoms with Crippen molar-refractivity contribution in [3.05, 3.63) is 46.8 Å². The van der Waals surface area contributed by atoms with Gasteiger partial charge >= 0.3 is 0 Å². The van der Waals surface area contributed by atoms with E-state index in [1.807, 2.05) is 30.9 Å². The molecule has 0 aliphatic carbocycles. The lowest BCUT2D eigenvalue weighted by atomic mass is 9.91. The summed E-state index contributed by atoms with van der Waals surface area (Å²) < 4.78 is 5.22. The summed E-state index contributed by atoms with van der Waals surface area (Å²) in [7, 11) is 1.68. The van der Waals surface area contributed by atoms with Gasteiger partial charge in [0.2, 0.25) is 11.9 Å². The summed E-state index contributed by atoms with van der Waals surface area (Å²) in [5.41, 5.74) is 9.51. The molecule has 1 aliphatic rings. The van der Waals surface area contributed by atoms with Crippen LogP contribution in [0.15, 0.2) is 24.3 Å². The third-order valence-electron chi connectivity index (χ3n) is 5.64. The van der Waals surface area contributed by atoms with E-state index in [0.29, 0.717) is 12.3 Å². The largest absolute Gasteiger partial charge is 0.497 e. The van der Waals surface area contributed by atoms with Gasteiger partial charge in [0.05, 0.1) is 13.5 Å². The van der Waals surface area contributed by atoms with Crippen LogP contribution in [0.2, 0.25) is 0 Å². The fourth-order valence-electron chi connectivity index (χ4n) is 3.97. The highest BCUT2D eigenvalue weighted by Crippen LogP contribution is 2.23. The molecule has 1 atom stereocenters. The van der Waals surface area contributed by atoms with Gasteiger partial charge in [-0.1, -0.05) is 12.1 Å². The van der Waals surface area contributed by atoms with Crippen molar-refractivity contribution in [1.29, 1.82) is 0 Å². The van der Waals surface area contributed by atoms with Gasteiger partial charge in [-0.15, -0.1) is 0 Å². The lowest BCUT2D eigenvalue weighted by Gasteiger charge is -2.33. The molecule has 3 rings (SSSR count). The quantitative estimate of drug-likeness (QED) is 0.830. The van der Waals surface area contributed by atoms with Crippen molar-refractivity contribution in [2.75, 3.05) is 25.9 Å². The Morgan fingerprint density at radius 2 is 1.89 bits per heavy atom. The number of benzene rings is 1. The normalized spacial score (nSPS) is 16.8. The molecule has 1 saturated heterocycles. The zero-order valence-electron chi connectivity index (χ0n) is 17.1. The molecule has 2 heterocycles. The number of hydrogen-bond donors (Lipinski definition) is 1. The molecule has 1 fully saturated rings. The molecule has 6 heteroatoms. The van der Waals surface area contributed by atoms with E-state index >= 15 is 0 Å². The first-order valence-electron chi connectivity index (χ1n) is 9.96. The molecular formula is C22H30N4O2. The molecule has 2 N–H and O–H groups in total. The summed E-state index contributed by atoms with van der Waals surface area (Å²) in [4.78, 5) is 23.3. The lowest BCUT2D eigenvalue weighted by Crippen LogP contribution is -2.41. The maximum absolute atomic E-state index is 12.9. The Labute approximate surface area is 167 Å². The Hall–Kier alpha value is -2.63. The van der Waals surface area contributed by atoms with Gasteiger partial charge in [-0.25, -0.2) is 9.97 Å². The highest BCUT2D eigenvalue weighted by atomic mass is 16.5. The van der Waals surface area contributed by atoms with Gasteiger partial charge in [0, 0.05) is 30.0 Å². The van der Waals surface area contributed by atoms with E-state index in [4.69, 9.17) is 10.5 Å². The molecule has 0 unspecified atom stereocenters. The van der Waals surface area contributed by atoms with Crippen molar-refractivity contribution in [2.24, 2.45) is 5.92 Å². The van der Waals surface area contributed by atoms with E-state index in [1.165, 1.54) is 12.0 Å². The number of carbonyl (C=O) groups is 1. The second kappa shape index (κ2) is 9.04. The number of amides is 1. The standard InChI is InChI=1S/C22H30N4O2/c1-15-20(16(2)25-22(23)24-15)13-21(27)26-12-4-5-18(14-26)7-6-17-8-10-19(28-3)11-9-17/h8-11,18H,4-7,12-14H2,1-3H3,(H2,23,24,25)/t18-/m0/s1. The summed E-state index contributed by atoms with van der Waals surface area (Å²) in [6.07, 6.45) is 4.72. The van der Waals surface area contributed by atoms with Crippen LogP contribution >= 0.6 is 0 Å². The number of methoxy groups -OCH3 is 1. The fraction of sp³-hybridized carbons (Fsp3) is 0.500. The smallest absolute Gasteiger partial charge is 0.227 e. The van der Waals surface area contributed by atoms with Crippen molar-refractivity contribution in [3.63, 3.8) is 0 Å². The molecule has 0 spiro atoms. The maximum atomic E-state index is 12.9. The van der Waals surface area contributed by atoms with Gasteiger partial charge in [0.1, 0.15) is 5.75 Å². The topological polar surface area (TPSA) is 81.3 Å². The number of aromatic nitrogens is 2. The number of piperidine rings is 1. The minimum absolute atomic E-state index is 0.161. The number of carbonyl (C=O) groups excluding carboxylic acids is 1. The van der Waals surface area contributed by atoms with Crippen molar-refractivity contribution in [2.45, 2.75) is 46.0 Å². The minimum Gasteiger partial charge on any atom is -0.497 e. The molecule has 150 valence electrons. The third kappa shape index (κ3) is 5.00. The first-order valence-corrected chi connectivity index (χ1v) is 9.96. The Bertz CT molecular complexity index is 797. The van der Waals surface area contributed by atoms with Gasteiger partial charge in [0.25, 0.3) is 0 Å². The number of nitrogens with zero attached hydrogens (tertiary/aromatic N) is 3. The van der Waals surface area contributed by atoms with Crippen LogP contribution in [0, 0.1) is 19.8 Å².